The number of nitrogens with one attached hydrogen (secondary N) is 1. The van der Waals surface area contributed by atoms with E-state index in [-0.39, 0.29) is 5.78 Å². The molecule has 0 saturated heterocycles. The average molecular weight is 311 g/mol. The number of ether oxygens (including phenoxy) is 3. The minimum Gasteiger partial charge on any atom is -0.493 e. The summed E-state index contributed by atoms with van der Waals surface area (Å²) in [5.41, 5.74) is 2.02. The number of H-pyrrole nitrogens is 1. The molecule has 1 heterocycles. The predicted octanol–water partition coefficient (Wildman–Crippen LogP) is 3.42. The maximum atomic E-state index is 12.9. The van der Waals surface area contributed by atoms with E-state index >= 15 is 0 Å². The zero-order valence-electron chi connectivity index (χ0n) is 13.2. The van der Waals surface area contributed by atoms with Crippen LogP contribution in [0, 0.1) is 0 Å². The van der Waals surface area contributed by atoms with Crippen molar-refractivity contribution in [3.63, 3.8) is 0 Å². The van der Waals surface area contributed by atoms with Gasteiger partial charge in [-0.25, -0.2) is 0 Å². The van der Waals surface area contributed by atoms with Gasteiger partial charge in [-0.3, -0.25) is 4.79 Å². The van der Waals surface area contributed by atoms with E-state index < -0.39 is 0 Å². The van der Waals surface area contributed by atoms with Crippen LogP contribution in [0.15, 0.2) is 42.6 Å². The highest BCUT2D eigenvalue weighted by Gasteiger charge is 2.19. The van der Waals surface area contributed by atoms with Crippen LogP contribution < -0.4 is 14.2 Å². The highest BCUT2D eigenvalue weighted by Crippen LogP contribution is 2.39. The Morgan fingerprint density at radius 1 is 0.957 bits per heavy atom. The predicted molar refractivity (Wildman–Crippen MR) is 87.8 cm³/mol. The van der Waals surface area contributed by atoms with Gasteiger partial charge in [0.05, 0.1) is 21.3 Å². The standard InChI is InChI=1S/C18H17NO4/c1-21-15-9-11(10-16(22-2)18(15)23-3)17(20)13-5-4-6-14-12(13)7-8-19-14/h4-10,19H,1-3H3. The van der Waals surface area contributed by atoms with Gasteiger partial charge in [0.1, 0.15) is 0 Å². The fourth-order valence-electron chi connectivity index (χ4n) is 2.65. The van der Waals surface area contributed by atoms with E-state index in [1.807, 2.05) is 30.5 Å². The molecule has 0 fully saturated rings. The molecule has 2 aromatic carbocycles. The normalized spacial score (nSPS) is 10.6. The molecule has 0 spiro atoms. The van der Waals surface area contributed by atoms with Crippen molar-refractivity contribution in [3.8, 4) is 17.2 Å². The second kappa shape index (κ2) is 6.04. The number of ketones is 1. The highest BCUT2D eigenvalue weighted by atomic mass is 16.5. The Hall–Kier alpha value is -2.95. The lowest BCUT2D eigenvalue weighted by Crippen LogP contribution is -2.04. The minimum absolute atomic E-state index is 0.102. The summed E-state index contributed by atoms with van der Waals surface area (Å²) in [6.45, 7) is 0. The Labute approximate surface area is 133 Å². The third-order valence-electron chi connectivity index (χ3n) is 3.77. The van der Waals surface area contributed by atoms with Gasteiger partial charge in [0.15, 0.2) is 17.3 Å². The number of methoxy groups -OCH3 is 3. The summed E-state index contributed by atoms with van der Waals surface area (Å²) >= 11 is 0. The van der Waals surface area contributed by atoms with Gasteiger partial charge in [0.2, 0.25) is 5.75 Å². The van der Waals surface area contributed by atoms with Crippen LogP contribution >= 0.6 is 0 Å². The molecule has 118 valence electrons. The van der Waals surface area contributed by atoms with Crippen molar-refractivity contribution in [3.05, 3.63) is 53.7 Å². The molecule has 5 heteroatoms. The maximum Gasteiger partial charge on any atom is 0.203 e. The highest BCUT2D eigenvalue weighted by molar-refractivity contribution is 6.16. The lowest BCUT2D eigenvalue weighted by molar-refractivity contribution is 0.103. The molecule has 0 bridgehead atoms. The molecule has 0 radical (unpaired) electrons. The smallest absolute Gasteiger partial charge is 0.203 e. The lowest BCUT2D eigenvalue weighted by atomic mass is 9.99. The Balaban J connectivity index is 2.14. The van der Waals surface area contributed by atoms with E-state index in [4.69, 9.17) is 14.2 Å². The molecule has 0 aliphatic heterocycles. The van der Waals surface area contributed by atoms with Gasteiger partial charge >= 0.3 is 0 Å². The van der Waals surface area contributed by atoms with E-state index in [1.54, 1.807) is 12.1 Å². The van der Waals surface area contributed by atoms with Crippen LogP contribution in [0.5, 0.6) is 17.2 Å². The van der Waals surface area contributed by atoms with Gasteiger partial charge in [0, 0.05) is 28.2 Å². The zero-order valence-corrected chi connectivity index (χ0v) is 13.2. The number of benzene rings is 2. The summed E-state index contributed by atoms with van der Waals surface area (Å²) in [6, 6.07) is 10.8. The minimum atomic E-state index is -0.102. The fraction of sp³-hybridized carbons (Fsp3) is 0.167. The third kappa shape index (κ3) is 2.50. The van der Waals surface area contributed by atoms with Gasteiger partial charge in [-0.2, -0.15) is 0 Å². The molecule has 1 N–H and O–H groups in total. The summed E-state index contributed by atoms with van der Waals surface area (Å²) in [5, 5.41) is 0.881. The van der Waals surface area contributed by atoms with E-state index in [2.05, 4.69) is 4.98 Å². The topological polar surface area (TPSA) is 60.6 Å². The molecule has 0 unspecified atom stereocenters. The van der Waals surface area contributed by atoms with Gasteiger partial charge < -0.3 is 19.2 Å². The Morgan fingerprint density at radius 3 is 2.26 bits per heavy atom. The first-order chi connectivity index (χ1) is 11.2. The molecule has 23 heavy (non-hydrogen) atoms. The molecular weight excluding hydrogens is 294 g/mol. The monoisotopic (exact) mass is 311 g/mol. The second-order valence-electron chi connectivity index (χ2n) is 4.99. The lowest BCUT2D eigenvalue weighted by Gasteiger charge is -2.14. The summed E-state index contributed by atoms with van der Waals surface area (Å²) in [5.74, 6) is 1.27. The molecule has 0 aliphatic rings. The molecule has 0 atom stereocenters. The van der Waals surface area contributed by atoms with Crippen LogP contribution in [0.3, 0.4) is 0 Å². The number of hydrogen-bond acceptors (Lipinski definition) is 4. The summed E-state index contributed by atoms with van der Waals surface area (Å²) in [4.78, 5) is 16.0. The Morgan fingerprint density at radius 2 is 1.65 bits per heavy atom. The molecule has 1 aromatic heterocycles. The van der Waals surface area contributed by atoms with Crippen molar-refractivity contribution >= 4 is 16.7 Å². The Bertz CT molecular complexity index is 841. The molecule has 0 amide bonds. The number of carbonyl (C=O) groups is 1. The van der Waals surface area contributed by atoms with Crippen molar-refractivity contribution in [2.75, 3.05) is 21.3 Å². The van der Waals surface area contributed by atoms with Gasteiger partial charge in [-0.05, 0) is 24.3 Å². The summed E-state index contributed by atoms with van der Waals surface area (Å²) in [6.07, 6.45) is 1.82. The van der Waals surface area contributed by atoms with Crippen molar-refractivity contribution in [1.82, 2.24) is 4.98 Å². The van der Waals surface area contributed by atoms with Crippen LogP contribution in [0.1, 0.15) is 15.9 Å². The SMILES string of the molecule is COc1cc(C(=O)c2cccc3[nH]ccc23)cc(OC)c1OC. The first-order valence-electron chi connectivity index (χ1n) is 7.10. The molecule has 3 rings (SSSR count). The van der Waals surface area contributed by atoms with Crippen LogP contribution in [0.2, 0.25) is 0 Å². The van der Waals surface area contributed by atoms with Crippen LogP contribution in [-0.2, 0) is 0 Å². The van der Waals surface area contributed by atoms with Gasteiger partial charge in [-0.1, -0.05) is 12.1 Å². The van der Waals surface area contributed by atoms with Crippen molar-refractivity contribution in [2.45, 2.75) is 0 Å². The van der Waals surface area contributed by atoms with Crippen LogP contribution in [0.25, 0.3) is 10.9 Å². The first kappa shape index (κ1) is 15.0. The number of carbonyl (C=O) groups excluding carboxylic acids is 1. The second-order valence-corrected chi connectivity index (χ2v) is 4.99. The summed E-state index contributed by atoms with van der Waals surface area (Å²) in [7, 11) is 4.58. The number of fused-ring (bicyclic) bond motifs is 1. The molecule has 5 nitrogen and oxygen atoms in total. The van der Waals surface area contributed by atoms with E-state index in [1.165, 1.54) is 21.3 Å². The van der Waals surface area contributed by atoms with Crippen molar-refractivity contribution in [2.24, 2.45) is 0 Å². The number of aromatic amines is 1. The quantitative estimate of drug-likeness (QED) is 0.733. The fourth-order valence-corrected chi connectivity index (χ4v) is 2.65. The van der Waals surface area contributed by atoms with Gasteiger partial charge in [-0.15, -0.1) is 0 Å². The largest absolute Gasteiger partial charge is 0.493 e. The van der Waals surface area contributed by atoms with Gasteiger partial charge in [0.25, 0.3) is 0 Å². The number of aromatic nitrogens is 1. The average Bonchev–Trinajstić information content (AvgIpc) is 3.08. The molecule has 0 saturated carbocycles. The molecule has 3 aromatic rings. The first-order valence-corrected chi connectivity index (χ1v) is 7.10. The third-order valence-corrected chi connectivity index (χ3v) is 3.77. The van der Waals surface area contributed by atoms with Crippen molar-refractivity contribution < 1.29 is 19.0 Å². The number of rotatable bonds is 5. The molecular formula is C18H17NO4. The van der Waals surface area contributed by atoms with E-state index in [9.17, 15) is 4.79 Å². The van der Waals surface area contributed by atoms with Crippen molar-refractivity contribution in [1.29, 1.82) is 0 Å². The van der Waals surface area contributed by atoms with E-state index in [0.29, 0.717) is 28.4 Å². The Kier molecular flexibility index (Phi) is 3.93. The zero-order chi connectivity index (χ0) is 16.4. The molecule has 0 aliphatic carbocycles. The number of hydrogen-bond donors (Lipinski definition) is 1. The van der Waals surface area contributed by atoms with Crippen LogP contribution in [0.4, 0.5) is 0 Å². The van der Waals surface area contributed by atoms with E-state index in [0.717, 1.165) is 10.9 Å². The maximum absolute atomic E-state index is 12.9. The summed E-state index contributed by atoms with van der Waals surface area (Å²) < 4.78 is 15.9. The van der Waals surface area contributed by atoms with Crippen LogP contribution in [-0.4, -0.2) is 32.1 Å².